The lowest BCUT2D eigenvalue weighted by Crippen LogP contribution is -2.41. The molecule has 0 aliphatic carbocycles. The van der Waals surface area contributed by atoms with Crippen molar-refractivity contribution < 1.29 is 9.21 Å². The van der Waals surface area contributed by atoms with Crippen LogP contribution < -0.4 is 10.2 Å². The Labute approximate surface area is 153 Å². The molecule has 0 spiro atoms. The number of piperidine rings is 1. The molecule has 1 N–H and O–H groups in total. The van der Waals surface area contributed by atoms with Gasteiger partial charge in [0.1, 0.15) is 5.52 Å². The Kier molecular flexibility index (Phi) is 4.61. The van der Waals surface area contributed by atoms with Gasteiger partial charge >= 0.3 is 0 Å². The van der Waals surface area contributed by atoms with E-state index in [1.165, 1.54) is 0 Å². The lowest BCUT2D eigenvalue weighted by molar-refractivity contribution is -0.126. The number of aromatic nitrogens is 1. The molecule has 2 heterocycles. The third kappa shape index (κ3) is 3.43. The molecule has 1 aliphatic heterocycles. The van der Waals surface area contributed by atoms with Gasteiger partial charge in [0.15, 0.2) is 5.58 Å². The number of hydrogen-bond acceptors (Lipinski definition) is 4. The first-order valence-electron chi connectivity index (χ1n) is 9.16. The van der Waals surface area contributed by atoms with E-state index in [9.17, 15) is 4.79 Å². The van der Waals surface area contributed by atoms with Gasteiger partial charge in [0.2, 0.25) is 5.91 Å². The van der Waals surface area contributed by atoms with Crippen molar-refractivity contribution in [3.05, 3.63) is 60.2 Å². The minimum Gasteiger partial charge on any atom is -0.423 e. The molecule has 0 radical (unpaired) electrons. The number of anilines is 1. The number of benzene rings is 2. The molecule has 5 nitrogen and oxygen atoms in total. The molecule has 2 aromatic carbocycles. The Bertz CT molecular complexity index is 849. The minimum absolute atomic E-state index is 0.0266. The molecule has 1 fully saturated rings. The first-order valence-corrected chi connectivity index (χ1v) is 9.16. The second-order valence-corrected chi connectivity index (χ2v) is 6.87. The third-order valence-corrected chi connectivity index (χ3v) is 5.08. The molecule has 0 unspecified atom stereocenters. The molecule has 0 bridgehead atoms. The Hall–Kier alpha value is -2.82. The molecular weight excluding hydrogens is 326 g/mol. The van der Waals surface area contributed by atoms with Crippen molar-refractivity contribution in [3.8, 4) is 0 Å². The molecule has 1 saturated heterocycles. The van der Waals surface area contributed by atoms with Crippen LogP contribution in [-0.4, -0.2) is 24.0 Å². The van der Waals surface area contributed by atoms with Crippen molar-refractivity contribution in [2.24, 2.45) is 5.92 Å². The highest BCUT2D eigenvalue weighted by atomic mass is 16.4. The maximum Gasteiger partial charge on any atom is 0.298 e. The number of hydrogen-bond donors (Lipinski definition) is 1. The van der Waals surface area contributed by atoms with E-state index in [0.29, 0.717) is 6.01 Å². The van der Waals surface area contributed by atoms with Gasteiger partial charge in [-0.25, -0.2) is 0 Å². The number of para-hydroxylation sites is 2. The lowest BCUT2D eigenvalue weighted by Gasteiger charge is -2.30. The van der Waals surface area contributed by atoms with Gasteiger partial charge in [0.05, 0.1) is 6.04 Å². The zero-order chi connectivity index (χ0) is 17.9. The van der Waals surface area contributed by atoms with Crippen LogP contribution in [0.3, 0.4) is 0 Å². The van der Waals surface area contributed by atoms with Crippen molar-refractivity contribution in [1.82, 2.24) is 10.3 Å². The van der Waals surface area contributed by atoms with E-state index in [2.05, 4.69) is 15.2 Å². The standard InChI is InChI=1S/C21H23N3O2/c1-15(16-7-3-2-4-8-16)22-20(25)17-11-13-24(14-12-17)21-23-18-9-5-6-10-19(18)26-21/h2-10,15,17H,11-14H2,1H3,(H,22,25)/t15-/m1/s1. The number of carbonyl (C=O) groups is 1. The molecule has 1 aliphatic rings. The van der Waals surface area contributed by atoms with E-state index in [1.807, 2.05) is 61.5 Å². The highest BCUT2D eigenvalue weighted by Crippen LogP contribution is 2.26. The molecule has 134 valence electrons. The fraction of sp³-hybridized carbons (Fsp3) is 0.333. The van der Waals surface area contributed by atoms with Gasteiger partial charge < -0.3 is 14.6 Å². The molecule has 26 heavy (non-hydrogen) atoms. The highest BCUT2D eigenvalue weighted by Gasteiger charge is 2.28. The average Bonchev–Trinajstić information content (AvgIpc) is 3.13. The molecule has 1 atom stereocenters. The largest absolute Gasteiger partial charge is 0.423 e. The molecular formula is C21H23N3O2. The van der Waals surface area contributed by atoms with Gasteiger partial charge in [-0.05, 0) is 37.5 Å². The second kappa shape index (κ2) is 7.20. The summed E-state index contributed by atoms with van der Waals surface area (Å²) < 4.78 is 5.84. The maximum absolute atomic E-state index is 12.6. The number of carbonyl (C=O) groups excluding carboxylic acids is 1. The van der Waals surface area contributed by atoms with Crippen LogP contribution in [-0.2, 0) is 4.79 Å². The Morgan fingerprint density at radius 3 is 2.54 bits per heavy atom. The smallest absolute Gasteiger partial charge is 0.298 e. The molecule has 5 heteroatoms. The van der Waals surface area contributed by atoms with Crippen LogP contribution in [0.4, 0.5) is 6.01 Å². The van der Waals surface area contributed by atoms with Crippen LogP contribution in [0.1, 0.15) is 31.4 Å². The summed E-state index contributed by atoms with van der Waals surface area (Å²) in [5.74, 6) is 0.181. The van der Waals surface area contributed by atoms with Gasteiger partial charge in [-0.2, -0.15) is 4.98 Å². The van der Waals surface area contributed by atoms with E-state index in [-0.39, 0.29) is 17.9 Å². The summed E-state index contributed by atoms with van der Waals surface area (Å²) in [5, 5.41) is 3.15. The number of oxazole rings is 1. The zero-order valence-electron chi connectivity index (χ0n) is 14.9. The summed E-state index contributed by atoms with van der Waals surface area (Å²) in [7, 11) is 0. The summed E-state index contributed by atoms with van der Waals surface area (Å²) in [6.45, 7) is 3.59. The van der Waals surface area contributed by atoms with Crippen LogP contribution >= 0.6 is 0 Å². The maximum atomic E-state index is 12.6. The number of nitrogens with zero attached hydrogens (tertiary/aromatic N) is 2. The van der Waals surface area contributed by atoms with Crippen LogP contribution in [0.5, 0.6) is 0 Å². The van der Waals surface area contributed by atoms with Gasteiger partial charge in [-0.1, -0.05) is 42.5 Å². The van der Waals surface area contributed by atoms with Crippen molar-refractivity contribution >= 4 is 23.0 Å². The molecule has 4 rings (SSSR count). The first-order chi connectivity index (χ1) is 12.7. The second-order valence-electron chi connectivity index (χ2n) is 6.87. The molecule has 1 aromatic heterocycles. The summed E-state index contributed by atoms with van der Waals surface area (Å²) in [5.41, 5.74) is 2.81. The third-order valence-electron chi connectivity index (χ3n) is 5.08. The van der Waals surface area contributed by atoms with E-state index in [1.54, 1.807) is 0 Å². The summed E-state index contributed by atoms with van der Waals surface area (Å²) in [6.07, 6.45) is 1.62. The minimum atomic E-state index is 0.0266. The number of rotatable bonds is 4. The van der Waals surface area contributed by atoms with E-state index >= 15 is 0 Å². The summed E-state index contributed by atoms with van der Waals surface area (Å²) in [4.78, 5) is 19.3. The predicted octanol–water partition coefficient (Wildman–Crippen LogP) is 3.92. The van der Waals surface area contributed by atoms with E-state index in [4.69, 9.17) is 4.42 Å². The van der Waals surface area contributed by atoms with Gasteiger partial charge in [0.25, 0.3) is 6.01 Å². The summed E-state index contributed by atoms with van der Waals surface area (Å²) >= 11 is 0. The summed E-state index contributed by atoms with van der Waals surface area (Å²) in [6, 6.07) is 18.5. The number of amides is 1. The van der Waals surface area contributed by atoms with Gasteiger partial charge in [-0.3, -0.25) is 4.79 Å². The van der Waals surface area contributed by atoms with Gasteiger partial charge in [0, 0.05) is 19.0 Å². The van der Waals surface area contributed by atoms with E-state index in [0.717, 1.165) is 42.6 Å². The fourth-order valence-corrected chi connectivity index (χ4v) is 3.48. The quantitative estimate of drug-likeness (QED) is 0.775. The number of nitrogens with one attached hydrogen (secondary N) is 1. The van der Waals surface area contributed by atoms with Crippen LogP contribution in [0.2, 0.25) is 0 Å². The molecule has 0 saturated carbocycles. The van der Waals surface area contributed by atoms with Crippen LogP contribution in [0.15, 0.2) is 59.0 Å². The first kappa shape index (κ1) is 16.6. The van der Waals surface area contributed by atoms with E-state index < -0.39 is 0 Å². The normalized spacial score (nSPS) is 16.6. The predicted molar refractivity (Wildman–Crippen MR) is 102 cm³/mol. The fourth-order valence-electron chi connectivity index (χ4n) is 3.48. The SMILES string of the molecule is C[C@@H](NC(=O)C1CCN(c2nc3ccccc3o2)CC1)c1ccccc1. The Balaban J connectivity index is 1.35. The van der Waals surface area contributed by atoms with Crippen molar-refractivity contribution in [2.45, 2.75) is 25.8 Å². The Morgan fingerprint density at radius 1 is 1.12 bits per heavy atom. The highest BCUT2D eigenvalue weighted by molar-refractivity contribution is 5.79. The lowest BCUT2D eigenvalue weighted by atomic mass is 9.95. The average molecular weight is 349 g/mol. The van der Waals surface area contributed by atoms with Crippen molar-refractivity contribution in [2.75, 3.05) is 18.0 Å². The molecule has 3 aromatic rings. The van der Waals surface area contributed by atoms with Crippen molar-refractivity contribution in [3.63, 3.8) is 0 Å². The zero-order valence-corrected chi connectivity index (χ0v) is 14.9. The topological polar surface area (TPSA) is 58.4 Å². The van der Waals surface area contributed by atoms with Crippen LogP contribution in [0, 0.1) is 5.92 Å². The number of fused-ring (bicyclic) bond motifs is 1. The van der Waals surface area contributed by atoms with Crippen molar-refractivity contribution in [1.29, 1.82) is 0 Å². The van der Waals surface area contributed by atoms with Gasteiger partial charge in [-0.15, -0.1) is 0 Å². The monoisotopic (exact) mass is 349 g/mol. The Morgan fingerprint density at radius 2 is 1.81 bits per heavy atom. The van der Waals surface area contributed by atoms with Crippen LogP contribution in [0.25, 0.3) is 11.1 Å². The molecule has 1 amide bonds.